The average Bonchev–Trinajstić information content (AvgIpc) is 2.41. The molecule has 2 N–H and O–H groups in total. The molecule has 19 heavy (non-hydrogen) atoms. The van der Waals surface area contributed by atoms with Crippen molar-refractivity contribution >= 4 is 11.4 Å². The first kappa shape index (κ1) is 14.2. The summed E-state index contributed by atoms with van der Waals surface area (Å²) in [6, 6.07) is 4.30. The van der Waals surface area contributed by atoms with Crippen molar-refractivity contribution in [3.63, 3.8) is 0 Å². The van der Waals surface area contributed by atoms with E-state index >= 15 is 0 Å². The van der Waals surface area contributed by atoms with Crippen molar-refractivity contribution in [1.82, 2.24) is 4.90 Å². The van der Waals surface area contributed by atoms with E-state index in [-0.39, 0.29) is 0 Å². The zero-order valence-corrected chi connectivity index (χ0v) is 12.3. The molecule has 0 atom stereocenters. The molecule has 1 aliphatic rings. The van der Waals surface area contributed by atoms with Crippen molar-refractivity contribution in [2.45, 2.75) is 13.8 Å². The van der Waals surface area contributed by atoms with Crippen LogP contribution >= 0.6 is 0 Å². The van der Waals surface area contributed by atoms with E-state index < -0.39 is 0 Å². The molecule has 1 aliphatic heterocycles. The maximum absolute atomic E-state index is 6.16. The van der Waals surface area contributed by atoms with Gasteiger partial charge in [-0.15, -0.1) is 0 Å². The highest BCUT2D eigenvalue weighted by molar-refractivity contribution is 5.70. The molecule has 1 heterocycles. The summed E-state index contributed by atoms with van der Waals surface area (Å²) in [5.74, 6) is 0. The van der Waals surface area contributed by atoms with Crippen LogP contribution in [0.2, 0.25) is 0 Å². The maximum Gasteiger partial charge on any atom is 0.0603 e. The molecule has 2 rings (SSSR count). The number of anilines is 2. The molecule has 0 radical (unpaired) electrons. The van der Waals surface area contributed by atoms with Gasteiger partial charge in [-0.1, -0.05) is 0 Å². The molecule has 1 aromatic carbocycles. The fourth-order valence-electron chi connectivity index (χ4n) is 2.53. The Hall–Kier alpha value is -1.26. The van der Waals surface area contributed by atoms with Gasteiger partial charge in [-0.05, 0) is 37.1 Å². The monoisotopic (exact) mass is 263 g/mol. The van der Waals surface area contributed by atoms with Crippen molar-refractivity contribution in [2.24, 2.45) is 0 Å². The summed E-state index contributed by atoms with van der Waals surface area (Å²) >= 11 is 0. The van der Waals surface area contributed by atoms with E-state index in [1.165, 1.54) is 16.8 Å². The summed E-state index contributed by atoms with van der Waals surface area (Å²) in [5, 5.41) is 0. The molecule has 1 fully saturated rings. The van der Waals surface area contributed by atoms with Crippen LogP contribution < -0.4 is 10.6 Å². The standard InChI is InChI=1S/C15H25N3O/c1-12-10-14(16)15(11-13(12)2)18-6-4-17(5-7-18)8-9-19-3/h10-11H,4-9,16H2,1-3H3. The largest absolute Gasteiger partial charge is 0.397 e. The average molecular weight is 263 g/mol. The Kier molecular flexibility index (Phi) is 4.66. The van der Waals surface area contributed by atoms with Gasteiger partial charge in [-0.3, -0.25) is 4.90 Å². The molecule has 4 nitrogen and oxygen atoms in total. The maximum atomic E-state index is 6.16. The van der Waals surface area contributed by atoms with Crippen molar-refractivity contribution in [3.05, 3.63) is 23.3 Å². The minimum absolute atomic E-state index is 0.811. The molecule has 1 saturated heterocycles. The Labute approximate surface area is 116 Å². The number of hydrogen-bond donors (Lipinski definition) is 1. The van der Waals surface area contributed by atoms with E-state index in [1.54, 1.807) is 7.11 Å². The number of methoxy groups -OCH3 is 1. The molecule has 0 spiro atoms. The number of aryl methyl sites for hydroxylation is 2. The van der Waals surface area contributed by atoms with E-state index in [0.29, 0.717) is 0 Å². The van der Waals surface area contributed by atoms with E-state index in [2.05, 4.69) is 35.8 Å². The van der Waals surface area contributed by atoms with Crippen molar-refractivity contribution in [3.8, 4) is 0 Å². The highest BCUT2D eigenvalue weighted by Crippen LogP contribution is 2.27. The lowest BCUT2D eigenvalue weighted by Gasteiger charge is -2.36. The second kappa shape index (κ2) is 6.26. The summed E-state index contributed by atoms with van der Waals surface area (Å²) in [6.07, 6.45) is 0. The summed E-state index contributed by atoms with van der Waals surface area (Å²) in [5.41, 5.74) is 10.8. The topological polar surface area (TPSA) is 41.7 Å². The molecule has 0 aliphatic carbocycles. The van der Waals surface area contributed by atoms with Crippen LogP contribution in [-0.2, 0) is 4.74 Å². The Morgan fingerprint density at radius 2 is 1.74 bits per heavy atom. The van der Waals surface area contributed by atoms with Gasteiger partial charge >= 0.3 is 0 Å². The highest BCUT2D eigenvalue weighted by atomic mass is 16.5. The number of nitrogen functional groups attached to an aromatic ring is 1. The SMILES string of the molecule is COCCN1CCN(c2cc(C)c(C)cc2N)CC1. The Bertz CT molecular complexity index is 426. The van der Waals surface area contributed by atoms with Crippen LogP contribution in [0, 0.1) is 13.8 Å². The van der Waals surface area contributed by atoms with Crippen LogP contribution in [0.25, 0.3) is 0 Å². The van der Waals surface area contributed by atoms with Gasteiger partial charge in [0.05, 0.1) is 18.0 Å². The minimum atomic E-state index is 0.811. The third kappa shape index (κ3) is 3.39. The molecule has 4 heteroatoms. The third-order valence-corrected chi connectivity index (χ3v) is 3.97. The van der Waals surface area contributed by atoms with Gasteiger partial charge in [0.2, 0.25) is 0 Å². The molecule has 106 valence electrons. The molecule has 0 bridgehead atoms. The van der Waals surface area contributed by atoms with Gasteiger partial charge in [0, 0.05) is 39.8 Å². The van der Waals surface area contributed by atoms with Gasteiger partial charge < -0.3 is 15.4 Å². The van der Waals surface area contributed by atoms with Crippen molar-refractivity contribution < 1.29 is 4.74 Å². The summed E-state index contributed by atoms with van der Waals surface area (Å²) in [4.78, 5) is 4.84. The smallest absolute Gasteiger partial charge is 0.0603 e. The fraction of sp³-hybridized carbons (Fsp3) is 0.600. The summed E-state index contributed by atoms with van der Waals surface area (Å²) in [6.45, 7) is 10.3. The zero-order valence-electron chi connectivity index (χ0n) is 12.3. The molecule has 0 aromatic heterocycles. The second-order valence-electron chi connectivity index (χ2n) is 5.32. The Morgan fingerprint density at radius 3 is 2.37 bits per heavy atom. The van der Waals surface area contributed by atoms with Gasteiger partial charge in [-0.2, -0.15) is 0 Å². The molecular weight excluding hydrogens is 238 g/mol. The van der Waals surface area contributed by atoms with E-state index in [4.69, 9.17) is 10.5 Å². The van der Waals surface area contributed by atoms with Crippen LogP contribution in [-0.4, -0.2) is 51.3 Å². The lowest BCUT2D eigenvalue weighted by atomic mass is 10.1. The Morgan fingerprint density at radius 1 is 1.11 bits per heavy atom. The number of nitrogens with zero attached hydrogens (tertiary/aromatic N) is 2. The molecular formula is C15H25N3O. The molecule has 0 amide bonds. The predicted octanol–water partition coefficient (Wildman–Crippen LogP) is 1.65. The quantitative estimate of drug-likeness (QED) is 0.839. The van der Waals surface area contributed by atoms with E-state index in [0.717, 1.165) is 45.0 Å². The highest BCUT2D eigenvalue weighted by Gasteiger charge is 2.18. The van der Waals surface area contributed by atoms with Crippen LogP contribution in [0.15, 0.2) is 12.1 Å². The predicted molar refractivity (Wildman–Crippen MR) is 80.9 cm³/mol. The van der Waals surface area contributed by atoms with Crippen LogP contribution in [0.3, 0.4) is 0 Å². The number of nitrogens with two attached hydrogens (primary N) is 1. The van der Waals surface area contributed by atoms with E-state index in [1.807, 2.05) is 0 Å². The molecule has 0 unspecified atom stereocenters. The van der Waals surface area contributed by atoms with E-state index in [9.17, 15) is 0 Å². The van der Waals surface area contributed by atoms with Gasteiger partial charge in [-0.25, -0.2) is 0 Å². The van der Waals surface area contributed by atoms with Gasteiger partial charge in [0.25, 0.3) is 0 Å². The van der Waals surface area contributed by atoms with Gasteiger partial charge in [0.1, 0.15) is 0 Å². The van der Waals surface area contributed by atoms with Crippen LogP contribution in [0.1, 0.15) is 11.1 Å². The number of hydrogen-bond acceptors (Lipinski definition) is 4. The summed E-state index contributed by atoms with van der Waals surface area (Å²) in [7, 11) is 1.76. The Balaban J connectivity index is 1.99. The molecule has 1 aromatic rings. The first-order chi connectivity index (χ1) is 9.11. The molecule has 0 saturated carbocycles. The number of ether oxygens (including phenoxy) is 1. The minimum Gasteiger partial charge on any atom is -0.397 e. The van der Waals surface area contributed by atoms with Crippen LogP contribution in [0.4, 0.5) is 11.4 Å². The first-order valence-electron chi connectivity index (χ1n) is 6.95. The van der Waals surface area contributed by atoms with Crippen molar-refractivity contribution in [1.29, 1.82) is 0 Å². The number of benzene rings is 1. The lowest BCUT2D eigenvalue weighted by molar-refractivity contribution is 0.144. The number of rotatable bonds is 4. The second-order valence-corrected chi connectivity index (χ2v) is 5.32. The van der Waals surface area contributed by atoms with Crippen molar-refractivity contribution in [2.75, 3.05) is 57.1 Å². The van der Waals surface area contributed by atoms with Gasteiger partial charge in [0.15, 0.2) is 0 Å². The third-order valence-electron chi connectivity index (χ3n) is 3.97. The first-order valence-corrected chi connectivity index (χ1v) is 6.95. The fourth-order valence-corrected chi connectivity index (χ4v) is 2.53. The number of piperazine rings is 1. The normalized spacial score (nSPS) is 16.9. The lowest BCUT2D eigenvalue weighted by Crippen LogP contribution is -2.47. The zero-order chi connectivity index (χ0) is 13.8. The van der Waals surface area contributed by atoms with Crippen LogP contribution in [0.5, 0.6) is 0 Å². The summed E-state index contributed by atoms with van der Waals surface area (Å²) < 4.78 is 5.13.